The van der Waals surface area contributed by atoms with E-state index in [1.54, 1.807) is 6.55 Å². The topological polar surface area (TPSA) is 0 Å². The minimum atomic E-state index is -3.09. The van der Waals surface area contributed by atoms with Gasteiger partial charge in [-0.2, -0.15) is 0 Å². The van der Waals surface area contributed by atoms with Crippen LogP contribution >= 0.6 is 48.0 Å². The number of benzene rings is 6. The Morgan fingerprint density at radius 1 is 0.615 bits per heavy atom. The molecule has 6 aromatic rings. The van der Waals surface area contributed by atoms with E-state index in [-0.39, 0.29) is 35.6 Å². The number of hydrogen-bond acceptors (Lipinski definition) is 0. The average Bonchev–Trinajstić information content (AvgIpc) is 3.73. The molecule has 6 aromatic carbocycles. The SMILES string of the molecule is CC(C)(C)c1ccc2c(c1)-c1cc(C(C)(C)C)c[c]([Zr]([C]3=CC=CC3)=[C](c3cc(Cl)cc4ccccc34)c3cc(Cl)cc4ccccc34)c1C2.Cl.Cl. The zero-order valence-electron chi connectivity index (χ0n) is 30.5. The van der Waals surface area contributed by atoms with Gasteiger partial charge in [0.15, 0.2) is 0 Å². The second-order valence-electron chi connectivity index (χ2n) is 16.0. The molecule has 0 fully saturated rings. The number of halogens is 4. The van der Waals surface area contributed by atoms with Gasteiger partial charge in [0, 0.05) is 0 Å². The van der Waals surface area contributed by atoms with Gasteiger partial charge in [-0.05, 0) is 0 Å². The van der Waals surface area contributed by atoms with Crippen LogP contribution in [0.15, 0.2) is 125 Å². The van der Waals surface area contributed by atoms with E-state index in [9.17, 15) is 0 Å². The van der Waals surface area contributed by atoms with Crippen molar-refractivity contribution in [2.75, 3.05) is 0 Å². The maximum Gasteiger partial charge on any atom is -0.147 e. The van der Waals surface area contributed by atoms with E-state index in [0.717, 1.165) is 33.7 Å². The van der Waals surface area contributed by atoms with Crippen LogP contribution in [0.2, 0.25) is 10.0 Å². The minimum absolute atomic E-state index is 0. The zero-order chi connectivity index (χ0) is 34.9. The Labute approximate surface area is 338 Å². The maximum absolute atomic E-state index is 7.06. The molecule has 0 unspecified atom stereocenters. The van der Waals surface area contributed by atoms with E-state index in [1.807, 2.05) is 0 Å². The van der Waals surface area contributed by atoms with Gasteiger partial charge in [-0.25, -0.2) is 0 Å². The minimum Gasteiger partial charge on any atom is -0.147 e. The molecule has 0 amide bonds. The second-order valence-corrected chi connectivity index (χ2v) is 22.9. The Balaban J connectivity index is 0.00000232. The fourth-order valence-corrected chi connectivity index (χ4v) is 16.4. The Morgan fingerprint density at radius 2 is 1.17 bits per heavy atom. The Morgan fingerprint density at radius 3 is 1.71 bits per heavy atom. The van der Waals surface area contributed by atoms with Crippen LogP contribution in [-0.2, 0) is 38.5 Å². The van der Waals surface area contributed by atoms with Crippen LogP contribution in [0, 0.1) is 0 Å². The molecule has 0 N–H and O–H groups in total. The van der Waals surface area contributed by atoms with E-state index in [2.05, 4.69) is 163 Å². The molecule has 0 saturated heterocycles. The normalized spacial score (nSPS) is 13.3. The molecule has 2 aliphatic rings. The van der Waals surface area contributed by atoms with Crippen LogP contribution in [0.3, 0.4) is 0 Å². The molecule has 0 aliphatic heterocycles. The van der Waals surface area contributed by atoms with Crippen molar-refractivity contribution >= 4 is 76.0 Å². The van der Waals surface area contributed by atoms with Gasteiger partial charge < -0.3 is 0 Å². The first-order valence-corrected chi connectivity index (χ1v) is 22.1. The van der Waals surface area contributed by atoms with Crippen LogP contribution in [0.25, 0.3) is 32.7 Å². The smallest absolute Gasteiger partial charge is 0.147 e. The van der Waals surface area contributed by atoms with Crippen molar-refractivity contribution in [3.05, 3.63) is 168 Å². The van der Waals surface area contributed by atoms with Gasteiger partial charge in [-0.15, -0.1) is 24.8 Å². The molecular weight excluding hydrogens is 798 g/mol. The molecule has 0 radical (unpaired) electrons. The third-order valence-corrected chi connectivity index (χ3v) is 18.5. The first-order chi connectivity index (χ1) is 23.9. The Hall–Kier alpha value is -2.77. The fraction of sp³-hybridized carbons (Fsp3) is 0.213. The Bertz CT molecular complexity index is 2380. The molecule has 0 saturated carbocycles. The van der Waals surface area contributed by atoms with E-state index in [4.69, 9.17) is 23.2 Å². The summed E-state index contributed by atoms with van der Waals surface area (Å²) in [7, 11) is 0. The van der Waals surface area contributed by atoms with E-state index < -0.39 is 21.3 Å². The van der Waals surface area contributed by atoms with Crippen molar-refractivity contribution in [3.63, 3.8) is 0 Å². The van der Waals surface area contributed by atoms with Gasteiger partial charge >= 0.3 is 317 Å². The molecule has 264 valence electrons. The summed E-state index contributed by atoms with van der Waals surface area (Å²) < 4.78 is 4.59. The van der Waals surface area contributed by atoms with Crippen molar-refractivity contribution in [1.82, 2.24) is 0 Å². The van der Waals surface area contributed by atoms with Gasteiger partial charge in [-0.3, -0.25) is 0 Å². The van der Waals surface area contributed by atoms with Crippen molar-refractivity contribution in [1.29, 1.82) is 0 Å². The van der Waals surface area contributed by atoms with E-state index in [0.29, 0.717) is 0 Å². The third kappa shape index (κ3) is 7.10. The monoisotopic (exact) mass is 838 g/mol. The number of hydrogen-bond donors (Lipinski definition) is 0. The summed E-state index contributed by atoms with van der Waals surface area (Å²) in [5, 5.41) is 6.33. The van der Waals surface area contributed by atoms with Crippen LogP contribution in [-0.4, -0.2) is 3.21 Å². The van der Waals surface area contributed by atoms with Crippen LogP contribution in [0.4, 0.5) is 0 Å². The quantitative estimate of drug-likeness (QED) is 0.166. The predicted molar refractivity (Wildman–Crippen MR) is 229 cm³/mol. The van der Waals surface area contributed by atoms with Gasteiger partial charge in [0.25, 0.3) is 0 Å². The van der Waals surface area contributed by atoms with Crippen molar-refractivity contribution < 1.29 is 21.3 Å². The van der Waals surface area contributed by atoms with Gasteiger partial charge in [0.2, 0.25) is 0 Å². The summed E-state index contributed by atoms with van der Waals surface area (Å²) in [6.07, 6.45) is 8.99. The van der Waals surface area contributed by atoms with Crippen molar-refractivity contribution in [2.45, 2.75) is 65.2 Å². The first kappa shape index (κ1) is 38.9. The summed E-state index contributed by atoms with van der Waals surface area (Å²) >= 11 is 11.0. The van der Waals surface area contributed by atoms with Gasteiger partial charge in [0.1, 0.15) is 0 Å². The zero-order valence-corrected chi connectivity index (χ0v) is 36.1. The van der Waals surface area contributed by atoms with E-state index >= 15 is 0 Å². The van der Waals surface area contributed by atoms with Crippen LogP contribution in [0.1, 0.15) is 81.3 Å². The number of allylic oxidation sites excluding steroid dienone is 4. The predicted octanol–water partition coefficient (Wildman–Crippen LogP) is 13.7. The molecule has 0 atom stereocenters. The second kappa shape index (κ2) is 14.8. The third-order valence-electron chi connectivity index (χ3n) is 10.6. The largest absolute Gasteiger partial charge is 0.147 e. The summed E-state index contributed by atoms with van der Waals surface area (Å²) in [6.45, 7) is 14.0. The van der Waals surface area contributed by atoms with E-state index in [1.165, 1.54) is 58.5 Å². The maximum atomic E-state index is 7.06. The molecule has 5 heteroatoms. The molecule has 0 spiro atoms. The Kier molecular flexibility index (Phi) is 11.1. The van der Waals surface area contributed by atoms with Crippen molar-refractivity contribution in [3.8, 4) is 11.1 Å². The molecule has 0 aromatic heterocycles. The molecule has 0 heterocycles. The molecule has 0 bridgehead atoms. The van der Waals surface area contributed by atoms with Crippen LogP contribution in [0.5, 0.6) is 0 Å². The van der Waals surface area contributed by atoms with Gasteiger partial charge in [-0.1, -0.05) is 0 Å². The number of rotatable bonds is 4. The van der Waals surface area contributed by atoms with Crippen molar-refractivity contribution in [2.24, 2.45) is 0 Å². The summed E-state index contributed by atoms with van der Waals surface area (Å²) in [6, 6.07) is 38.5. The standard InChI is InChI=1S/C21H12Cl2.C21H25.C5H5.2ClH.Zr/c22-18-10-14-5-1-3-7-20(14)16(12-18)9-17-13-19(23)11-15-6-2-4-8-21(15)17;1-20(2,3)16-9-7-14-11-15-8-10-17(21(4,5)6)13-19(15)18(14)12-16;1-2-4-5-3-1;;;/h1-8,10-13H;7,9-10,12-13H,11H2,1-6H3;1-3H,4H2;2*1H;. The van der Waals surface area contributed by atoms with Crippen LogP contribution < -0.4 is 3.27 Å². The summed E-state index contributed by atoms with van der Waals surface area (Å²) in [5.41, 5.74) is 11.1. The molecular formula is C47H44Cl4Zr. The molecule has 52 heavy (non-hydrogen) atoms. The molecule has 2 aliphatic carbocycles. The summed E-state index contributed by atoms with van der Waals surface area (Å²) in [4.78, 5) is 0. The molecule has 8 rings (SSSR count). The van der Waals surface area contributed by atoms with Gasteiger partial charge in [0.05, 0.1) is 0 Å². The fourth-order valence-electron chi connectivity index (χ4n) is 7.87. The average molecular weight is 842 g/mol. The first-order valence-electron chi connectivity index (χ1n) is 17.7. The molecule has 0 nitrogen and oxygen atoms in total. The summed E-state index contributed by atoms with van der Waals surface area (Å²) in [5.74, 6) is 0. The number of fused-ring (bicyclic) bond motifs is 5.